The van der Waals surface area contributed by atoms with E-state index in [1.54, 1.807) is 68.2 Å². The third-order valence-corrected chi connectivity index (χ3v) is 19.2. The summed E-state index contributed by atoms with van der Waals surface area (Å²) in [5.41, 5.74) is 6.38. The van der Waals surface area contributed by atoms with Crippen LogP contribution < -0.4 is 0 Å². The number of carbonyl (C=O) groups is 2. The first kappa shape index (κ1) is 64.5. The van der Waals surface area contributed by atoms with Crippen LogP contribution in [0.5, 0.6) is 0 Å². The Morgan fingerprint density at radius 2 is 0.988 bits per heavy atom. The molecular formula is C60H84N10O5S5. The van der Waals surface area contributed by atoms with Gasteiger partial charge in [-0.25, -0.2) is 0 Å². The molecule has 6 heterocycles. The van der Waals surface area contributed by atoms with Crippen molar-refractivity contribution in [2.24, 2.45) is 52.5 Å². The monoisotopic (exact) mass is 1180 g/mol. The molecule has 434 valence electrons. The van der Waals surface area contributed by atoms with Gasteiger partial charge in [-0.2, -0.15) is 25.5 Å². The van der Waals surface area contributed by atoms with Crippen LogP contribution in [0.3, 0.4) is 0 Å². The number of rotatable bonds is 20. The number of aliphatic hydroxyl groups excluding tert-OH is 2. The van der Waals surface area contributed by atoms with Crippen molar-refractivity contribution in [3.63, 3.8) is 0 Å². The van der Waals surface area contributed by atoms with Crippen molar-refractivity contribution in [3.05, 3.63) is 98.3 Å². The molecule has 1 aliphatic rings. The molecule has 20 heteroatoms. The second-order valence-electron chi connectivity index (χ2n) is 20.0. The molecule has 0 unspecified atom stereocenters. The first-order chi connectivity index (χ1) is 38.4. The van der Waals surface area contributed by atoms with Gasteiger partial charge >= 0.3 is 5.97 Å². The van der Waals surface area contributed by atoms with Crippen LogP contribution in [-0.2, 0) is 49.6 Å². The number of allylic oxidation sites excluding steroid dienone is 2. The van der Waals surface area contributed by atoms with E-state index < -0.39 is 47.6 Å². The Hall–Kier alpha value is -4.70. The van der Waals surface area contributed by atoms with E-state index in [4.69, 9.17) is 30.2 Å². The first-order valence-corrected chi connectivity index (χ1v) is 33.7. The number of aryl methyl sites for hydroxylation is 5. The Morgan fingerprint density at radius 1 is 0.588 bits per heavy atom. The molecule has 0 radical (unpaired) electrons. The number of thioether (sulfide) groups is 5. The Labute approximate surface area is 496 Å². The predicted molar refractivity (Wildman–Crippen MR) is 335 cm³/mol. The van der Waals surface area contributed by atoms with E-state index >= 15 is 4.79 Å². The van der Waals surface area contributed by atoms with Gasteiger partial charge in [0.25, 0.3) is 0 Å². The SMILES string of the molecule is CCC(=C\c1cc(SC)n(C)n1)/C1=C\CCOC(=O)C[C@H](O)C(/C(=C/c2cc(SC)n(C)n2)CC)(/C(=C/c2cc(SC)n(C)n2)CC)C(=O)[C@H](/C(=C/c2cc(SC)n(C)n2)CC)[C@@H](O)[C@H](/C(=C/c2cc(SC)n(C)n2)CC)CCC1. The molecule has 15 nitrogen and oxygen atoms in total. The van der Waals surface area contributed by atoms with Crippen LogP contribution in [0.15, 0.2) is 95.0 Å². The van der Waals surface area contributed by atoms with Crippen LogP contribution in [0.2, 0.25) is 0 Å². The first-order valence-electron chi connectivity index (χ1n) is 27.6. The predicted octanol–water partition coefficient (Wildman–Crippen LogP) is 12.7. The van der Waals surface area contributed by atoms with Gasteiger partial charge in [-0.05, 0) is 166 Å². The van der Waals surface area contributed by atoms with Gasteiger partial charge in [0.1, 0.15) is 0 Å². The molecule has 5 aromatic rings. The number of Topliss-reactive ketones (excluding diaryl/α,β-unsaturated/α-hetero) is 1. The molecule has 0 amide bonds. The topological polar surface area (TPSA) is 173 Å². The van der Waals surface area contributed by atoms with E-state index in [0.29, 0.717) is 72.3 Å². The molecule has 6 rings (SSSR count). The van der Waals surface area contributed by atoms with Gasteiger partial charge in [-0.3, -0.25) is 33.0 Å². The molecule has 2 N–H and O–H groups in total. The van der Waals surface area contributed by atoms with Crippen LogP contribution in [0.1, 0.15) is 127 Å². The lowest BCUT2D eigenvalue weighted by atomic mass is 9.58. The van der Waals surface area contributed by atoms with Gasteiger partial charge in [-0.1, -0.05) is 51.8 Å². The van der Waals surface area contributed by atoms with E-state index in [1.165, 1.54) is 0 Å². The zero-order valence-corrected chi connectivity index (χ0v) is 53.7. The molecule has 4 atom stereocenters. The Morgan fingerprint density at radius 3 is 1.36 bits per heavy atom. The minimum absolute atomic E-state index is 0.0660. The van der Waals surface area contributed by atoms with E-state index in [1.807, 2.05) is 138 Å². The Balaban J connectivity index is 1.73. The summed E-state index contributed by atoms with van der Waals surface area (Å²) in [4.78, 5) is 32.2. The van der Waals surface area contributed by atoms with Crippen LogP contribution in [-0.4, -0.2) is 121 Å². The number of hydrogen-bond acceptors (Lipinski definition) is 15. The van der Waals surface area contributed by atoms with Gasteiger partial charge in [0.15, 0.2) is 5.78 Å². The number of aromatic nitrogens is 10. The highest BCUT2D eigenvalue weighted by Crippen LogP contribution is 2.51. The van der Waals surface area contributed by atoms with E-state index in [0.717, 1.165) is 59.7 Å². The van der Waals surface area contributed by atoms with Gasteiger partial charge in [-0.15, -0.1) is 58.8 Å². The highest BCUT2D eigenvalue weighted by atomic mass is 32.2. The number of nitrogens with zero attached hydrogens (tertiary/aromatic N) is 10. The third-order valence-electron chi connectivity index (χ3n) is 15.2. The van der Waals surface area contributed by atoms with Gasteiger partial charge < -0.3 is 14.9 Å². The van der Waals surface area contributed by atoms with Gasteiger partial charge in [0.2, 0.25) is 0 Å². The lowest BCUT2D eigenvalue weighted by molar-refractivity contribution is -0.149. The maximum Gasteiger partial charge on any atom is 0.308 e. The summed E-state index contributed by atoms with van der Waals surface area (Å²) in [7, 11) is 9.53. The summed E-state index contributed by atoms with van der Waals surface area (Å²) in [6, 6.07) is 10.1. The van der Waals surface area contributed by atoms with Crippen molar-refractivity contribution < 1.29 is 24.5 Å². The molecule has 5 aromatic heterocycles. The minimum Gasteiger partial charge on any atom is -0.465 e. The molecule has 0 aromatic carbocycles. The minimum atomic E-state index is -1.94. The number of aliphatic hydroxyl groups is 2. The van der Waals surface area contributed by atoms with Crippen LogP contribution in [0, 0.1) is 17.3 Å². The van der Waals surface area contributed by atoms with E-state index in [9.17, 15) is 15.0 Å². The molecule has 0 spiro atoms. The van der Waals surface area contributed by atoms with Gasteiger partial charge in [0, 0.05) is 47.6 Å². The quantitative estimate of drug-likeness (QED) is 0.0556. The smallest absolute Gasteiger partial charge is 0.308 e. The molecule has 0 fully saturated rings. The molecule has 0 saturated heterocycles. The maximum absolute atomic E-state index is 17.6. The van der Waals surface area contributed by atoms with Crippen molar-refractivity contribution in [3.8, 4) is 0 Å². The molecule has 0 aliphatic carbocycles. The fraction of sp³-hybridized carbons (Fsp3) is 0.517. The molecule has 1 aliphatic heterocycles. The number of ether oxygens (including phenoxy) is 1. The average Bonchev–Trinajstić information content (AvgIpc) is 4.32. The number of ketones is 1. The second-order valence-corrected chi connectivity index (χ2v) is 24.1. The summed E-state index contributed by atoms with van der Waals surface area (Å²) in [6.45, 7) is 10.2. The highest BCUT2D eigenvalue weighted by Gasteiger charge is 2.55. The third kappa shape index (κ3) is 14.9. The average molecular weight is 1190 g/mol. The highest BCUT2D eigenvalue weighted by molar-refractivity contribution is 7.99. The second kappa shape index (κ2) is 30.0. The van der Waals surface area contributed by atoms with Crippen molar-refractivity contribution in [2.75, 3.05) is 37.9 Å². The standard InChI is InChI=1S/C60H84N10O5S5/c1-16-38(27-44-32-51(76-11)66(6)61-44)41-23-21-25-49(39(17-2)28-45-33-52(77-12)67(7)62-45)58(73)57(40(18-3)29-46-34-53(78-13)68(8)63-46)59(74)60(50(71)37-56(72)75-26-22-24-41,42(19-4)30-47-35-54(79-14)69(9)64-47)43(20-5)31-48-36-55(80-15)70(10)65-48/h24,27-36,49-50,57-58,71,73H,16-23,25-26,37H2,1-15H3/b38-27+,39-28+,40-29+,41-24-,42-30+,43-31+/t49-,50-,57+,58-/m0/s1. The number of esters is 1. The van der Waals surface area contributed by atoms with E-state index in [2.05, 4.69) is 44.2 Å². The Bertz CT molecular complexity index is 3060. The fourth-order valence-electron chi connectivity index (χ4n) is 11.3. The zero-order valence-electron chi connectivity index (χ0n) is 49.6. The lowest BCUT2D eigenvalue weighted by Gasteiger charge is -2.45. The Kier molecular flexibility index (Phi) is 24.2. The van der Waals surface area contributed by atoms with Gasteiger partial charge in [0.05, 0.1) is 90.2 Å². The zero-order chi connectivity index (χ0) is 58.4. The molecular weight excluding hydrogens is 1100 g/mol. The lowest BCUT2D eigenvalue weighted by Crippen LogP contribution is -2.53. The normalized spacial score (nSPS) is 20.6. The molecule has 80 heavy (non-hydrogen) atoms. The van der Waals surface area contributed by atoms with Crippen LogP contribution in [0.25, 0.3) is 30.4 Å². The van der Waals surface area contributed by atoms with Crippen molar-refractivity contribution in [2.45, 2.75) is 136 Å². The van der Waals surface area contributed by atoms with Crippen LogP contribution in [0.4, 0.5) is 0 Å². The van der Waals surface area contributed by atoms with Crippen molar-refractivity contribution >= 4 is 101 Å². The number of carbonyl (C=O) groups excluding carboxylic acids is 2. The molecule has 0 saturated carbocycles. The summed E-state index contributed by atoms with van der Waals surface area (Å²) in [6.07, 6.45) is 23.1. The molecule has 0 bridgehead atoms. The summed E-state index contributed by atoms with van der Waals surface area (Å²) in [5.74, 6) is -2.91. The van der Waals surface area contributed by atoms with Crippen LogP contribution >= 0.6 is 58.8 Å². The van der Waals surface area contributed by atoms with Crippen molar-refractivity contribution in [1.82, 2.24) is 48.9 Å². The summed E-state index contributed by atoms with van der Waals surface area (Å²) < 4.78 is 15.2. The largest absolute Gasteiger partial charge is 0.465 e. The maximum atomic E-state index is 17.6. The fourth-order valence-corrected chi connectivity index (χ4v) is 14.0. The number of cyclic esters (lactones) is 1. The van der Waals surface area contributed by atoms with Crippen molar-refractivity contribution in [1.29, 1.82) is 0 Å². The summed E-state index contributed by atoms with van der Waals surface area (Å²) >= 11 is 7.92. The van der Waals surface area contributed by atoms with E-state index in [-0.39, 0.29) is 19.4 Å². The number of hydrogen-bond donors (Lipinski definition) is 2. The summed E-state index contributed by atoms with van der Waals surface area (Å²) in [5, 5.41) is 57.0.